The van der Waals surface area contributed by atoms with Crippen molar-refractivity contribution in [3.05, 3.63) is 29.5 Å². The molecule has 1 aromatic heterocycles. The molecule has 1 aliphatic carbocycles. The van der Waals surface area contributed by atoms with Gasteiger partial charge in [0.25, 0.3) is 10.0 Å². The molecular formula is C24H24ClF3N4O7S. The minimum atomic E-state index is -4.84. The van der Waals surface area contributed by atoms with E-state index in [1.165, 1.54) is 29.1 Å². The van der Waals surface area contributed by atoms with Crippen molar-refractivity contribution in [1.29, 1.82) is 0 Å². The molecule has 0 saturated heterocycles. The van der Waals surface area contributed by atoms with E-state index >= 15 is 0 Å². The van der Waals surface area contributed by atoms with Crippen molar-refractivity contribution in [3.63, 3.8) is 0 Å². The molecule has 0 spiro atoms. The largest absolute Gasteiger partial charge is 0.480 e. The molecule has 4 rings (SSSR count). The zero-order valence-corrected chi connectivity index (χ0v) is 22.9. The first-order chi connectivity index (χ1) is 18.5. The van der Waals surface area contributed by atoms with Crippen LogP contribution in [0.15, 0.2) is 29.3 Å². The average Bonchev–Trinajstić information content (AvgIpc) is 3.55. The molecule has 11 nitrogen and oxygen atoms in total. The molecule has 40 heavy (non-hydrogen) atoms. The lowest BCUT2D eigenvalue weighted by Gasteiger charge is -2.33. The van der Waals surface area contributed by atoms with Gasteiger partial charge in [0.15, 0.2) is 11.3 Å². The summed E-state index contributed by atoms with van der Waals surface area (Å²) in [5.74, 6) is 4.30. The van der Waals surface area contributed by atoms with Crippen LogP contribution in [-0.2, 0) is 26.1 Å². The summed E-state index contributed by atoms with van der Waals surface area (Å²) in [6.07, 6.45) is -5.40. The molecule has 1 atom stereocenters. The van der Waals surface area contributed by atoms with Crippen LogP contribution in [0.1, 0.15) is 33.6 Å². The summed E-state index contributed by atoms with van der Waals surface area (Å²) in [5.41, 5.74) is -4.17. The van der Waals surface area contributed by atoms with Gasteiger partial charge in [-0.05, 0) is 51.8 Å². The number of carbonyl (C=O) groups excluding carboxylic acids is 1. The first-order valence-electron chi connectivity index (χ1n) is 11.9. The molecule has 1 unspecified atom stereocenters. The minimum absolute atomic E-state index is 0.00263. The highest BCUT2D eigenvalue weighted by Gasteiger charge is 2.51. The van der Waals surface area contributed by atoms with Crippen LogP contribution >= 0.6 is 11.6 Å². The van der Waals surface area contributed by atoms with E-state index in [1.807, 2.05) is 0 Å². The van der Waals surface area contributed by atoms with Crippen molar-refractivity contribution in [2.75, 3.05) is 16.2 Å². The van der Waals surface area contributed by atoms with E-state index in [1.54, 1.807) is 6.92 Å². The molecule has 2 aliphatic rings. The Morgan fingerprint density at radius 1 is 1.32 bits per heavy atom. The van der Waals surface area contributed by atoms with Gasteiger partial charge in [-0.15, -0.1) is 0 Å². The van der Waals surface area contributed by atoms with Crippen LogP contribution in [0.4, 0.5) is 29.3 Å². The normalized spacial score (nSPS) is 18.1. The first-order valence-corrected chi connectivity index (χ1v) is 13.7. The molecule has 2 heterocycles. The number of rotatable bonds is 6. The molecule has 2 aromatic rings. The van der Waals surface area contributed by atoms with E-state index in [4.69, 9.17) is 16.3 Å². The van der Waals surface area contributed by atoms with Crippen LogP contribution in [0.25, 0.3) is 0 Å². The number of hydrogen-bond donors (Lipinski definition) is 2. The maximum absolute atomic E-state index is 13.8. The number of benzene rings is 1. The van der Waals surface area contributed by atoms with E-state index in [0.29, 0.717) is 33.2 Å². The number of fused-ring (bicyclic) bond motifs is 1. The number of carboxylic acids is 1. The summed E-state index contributed by atoms with van der Waals surface area (Å²) in [5, 5.41) is 15.2. The summed E-state index contributed by atoms with van der Waals surface area (Å²) in [6, 6.07) is 3.73. The van der Waals surface area contributed by atoms with Crippen LogP contribution in [0.3, 0.4) is 0 Å². The fourth-order valence-electron chi connectivity index (χ4n) is 3.63. The second kappa shape index (κ2) is 10.1. The van der Waals surface area contributed by atoms with Gasteiger partial charge < -0.3 is 14.6 Å². The summed E-state index contributed by atoms with van der Waals surface area (Å²) in [4.78, 5) is 23.4. The Hall–Kier alpha value is -3.64. The number of halogens is 4. The van der Waals surface area contributed by atoms with Gasteiger partial charge >= 0.3 is 18.2 Å². The number of carbonyl (C=O) groups is 2. The Kier molecular flexibility index (Phi) is 7.39. The van der Waals surface area contributed by atoms with Crippen molar-refractivity contribution >= 4 is 45.1 Å². The van der Waals surface area contributed by atoms with Gasteiger partial charge in [-0.25, -0.2) is 13.2 Å². The van der Waals surface area contributed by atoms with Crippen LogP contribution < -0.4 is 14.4 Å². The third kappa shape index (κ3) is 5.64. The zero-order valence-electron chi connectivity index (χ0n) is 21.4. The average molecular weight is 605 g/mol. The van der Waals surface area contributed by atoms with Gasteiger partial charge in [-0.2, -0.15) is 18.3 Å². The fourth-order valence-corrected chi connectivity index (χ4v) is 5.55. The molecule has 216 valence electrons. The molecule has 2 N–H and O–H groups in total. The highest BCUT2D eigenvalue weighted by atomic mass is 35.5. The number of amides is 1. The number of aryl methyl sites for hydroxylation is 1. The van der Waals surface area contributed by atoms with E-state index in [9.17, 15) is 36.3 Å². The third-order valence-electron chi connectivity index (χ3n) is 6.32. The number of nitrogens with zero attached hydrogens (tertiary/aromatic N) is 3. The Morgan fingerprint density at radius 3 is 2.55 bits per heavy atom. The van der Waals surface area contributed by atoms with Gasteiger partial charge in [0, 0.05) is 18.4 Å². The van der Waals surface area contributed by atoms with Crippen molar-refractivity contribution in [3.8, 4) is 17.6 Å². The van der Waals surface area contributed by atoms with Gasteiger partial charge in [0.2, 0.25) is 5.60 Å². The fraction of sp³-hybridized carbons (Fsp3) is 0.458. The van der Waals surface area contributed by atoms with Crippen molar-refractivity contribution < 1.29 is 45.8 Å². The number of anilines is 2. The molecule has 0 bridgehead atoms. The van der Waals surface area contributed by atoms with E-state index in [-0.39, 0.29) is 33.7 Å². The monoisotopic (exact) mass is 604 g/mol. The van der Waals surface area contributed by atoms with Gasteiger partial charge in [0.1, 0.15) is 16.1 Å². The Bertz CT molecular complexity index is 1520. The Labute approximate surface area is 232 Å². The standard InChI is InChI=1S/C24H24ClF3N4O7S/c1-4-31-13-18(19(25)30-31)40(36,37)32-12-15(7-8-23(9-10-23)20(33)34)38-17-6-5-14(11-16(17)32)29-21(35)39-22(2,3)24(26,27)28/h5-6,11,13,15H,4,9-10,12H2,1-3H3,(H,29,35)(H,33,34). The molecule has 1 saturated carbocycles. The lowest BCUT2D eigenvalue weighted by molar-refractivity contribution is -0.242. The second-order valence-corrected chi connectivity index (χ2v) is 11.8. The molecular weight excluding hydrogens is 581 g/mol. The summed E-state index contributed by atoms with van der Waals surface area (Å²) in [6.45, 7) is 3.02. The number of nitrogens with one attached hydrogen (secondary N) is 1. The predicted octanol–water partition coefficient (Wildman–Crippen LogP) is 4.27. The molecule has 1 fully saturated rings. The van der Waals surface area contributed by atoms with Crippen molar-refractivity contribution in [2.45, 2.75) is 62.9 Å². The number of aromatic nitrogens is 2. The highest BCUT2D eigenvalue weighted by Crippen LogP contribution is 2.45. The van der Waals surface area contributed by atoms with Gasteiger partial charge in [-0.3, -0.25) is 19.1 Å². The number of aliphatic carboxylic acids is 1. The molecule has 1 aromatic carbocycles. The number of hydrogen-bond acceptors (Lipinski definition) is 7. The quantitative estimate of drug-likeness (QED) is 0.466. The maximum Gasteiger partial charge on any atom is 0.427 e. The lowest BCUT2D eigenvalue weighted by atomic mass is 10.1. The van der Waals surface area contributed by atoms with Crippen LogP contribution in [-0.4, -0.2) is 59.8 Å². The zero-order chi connectivity index (χ0) is 29.7. The molecule has 16 heteroatoms. The van der Waals surface area contributed by atoms with Gasteiger partial charge in [0.05, 0.1) is 12.2 Å². The summed E-state index contributed by atoms with van der Waals surface area (Å²) in [7, 11) is -4.41. The van der Waals surface area contributed by atoms with E-state index < -0.39 is 45.4 Å². The highest BCUT2D eigenvalue weighted by molar-refractivity contribution is 7.93. The third-order valence-corrected chi connectivity index (χ3v) is 8.49. The smallest absolute Gasteiger partial charge is 0.427 e. The Morgan fingerprint density at radius 2 is 2.00 bits per heavy atom. The Balaban J connectivity index is 1.70. The predicted molar refractivity (Wildman–Crippen MR) is 136 cm³/mol. The number of sulfonamides is 1. The van der Waals surface area contributed by atoms with E-state index in [0.717, 1.165) is 4.31 Å². The summed E-state index contributed by atoms with van der Waals surface area (Å²) < 4.78 is 79.4. The summed E-state index contributed by atoms with van der Waals surface area (Å²) >= 11 is 6.13. The lowest BCUT2D eigenvalue weighted by Crippen LogP contribution is -2.44. The SMILES string of the molecule is CCn1cc(S(=O)(=O)N2CC(C#CC3(C(=O)O)CC3)Oc3ccc(NC(=O)OC(C)(C)C(F)(F)F)cc32)c(Cl)n1. The minimum Gasteiger partial charge on any atom is -0.480 e. The molecule has 1 amide bonds. The maximum atomic E-state index is 13.8. The van der Waals surface area contributed by atoms with Crippen LogP contribution in [0.5, 0.6) is 5.75 Å². The number of ether oxygens (including phenoxy) is 2. The van der Waals surface area contributed by atoms with Crippen molar-refractivity contribution in [2.24, 2.45) is 5.41 Å². The van der Waals surface area contributed by atoms with Crippen LogP contribution in [0.2, 0.25) is 5.15 Å². The first kappa shape index (κ1) is 29.3. The number of carboxylic acid groups (broad SMARTS) is 1. The van der Waals surface area contributed by atoms with Crippen molar-refractivity contribution in [1.82, 2.24) is 9.78 Å². The van der Waals surface area contributed by atoms with E-state index in [2.05, 4.69) is 27.0 Å². The van der Waals surface area contributed by atoms with Gasteiger partial charge in [-0.1, -0.05) is 23.4 Å². The van der Waals surface area contributed by atoms with Crippen LogP contribution in [0, 0.1) is 17.3 Å². The topological polar surface area (TPSA) is 140 Å². The number of alkyl halides is 3. The molecule has 0 radical (unpaired) electrons. The molecule has 1 aliphatic heterocycles. The second-order valence-electron chi connectivity index (χ2n) is 9.64.